The topological polar surface area (TPSA) is 67.9 Å². The molecule has 1 aliphatic rings. The maximum atomic E-state index is 12.7. The smallest absolute Gasteiger partial charge is 0.251 e. The summed E-state index contributed by atoms with van der Waals surface area (Å²) < 4.78 is 11.4. The molecule has 33 heavy (non-hydrogen) atoms. The first-order valence-corrected chi connectivity index (χ1v) is 11.1. The van der Waals surface area contributed by atoms with Gasteiger partial charge in [-0.15, -0.1) is 0 Å². The van der Waals surface area contributed by atoms with E-state index in [0.29, 0.717) is 43.2 Å². The van der Waals surface area contributed by atoms with Gasteiger partial charge in [0.25, 0.3) is 5.91 Å². The van der Waals surface area contributed by atoms with Crippen molar-refractivity contribution in [3.63, 3.8) is 0 Å². The number of nitrogens with zero attached hydrogens (tertiary/aromatic N) is 1. The number of hydrogen-bond donors (Lipinski definition) is 1. The van der Waals surface area contributed by atoms with E-state index in [9.17, 15) is 9.59 Å². The lowest BCUT2D eigenvalue weighted by atomic mass is 10.1. The number of rotatable bonds is 9. The zero-order valence-electron chi connectivity index (χ0n) is 18.8. The molecule has 1 heterocycles. The molecule has 2 amide bonds. The summed E-state index contributed by atoms with van der Waals surface area (Å²) in [5.41, 5.74) is 3.52. The van der Waals surface area contributed by atoms with Crippen LogP contribution in [0.1, 0.15) is 39.9 Å². The lowest BCUT2D eigenvalue weighted by Crippen LogP contribution is -2.25. The Kier molecular flexibility index (Phi) is 7.25. The average molecular weight is 445 g/mol. The van der Waals surface area contributed by atoms with Crippen molar-refractivity contribution in [3.8, 4) is 11.5 Å². The van der Waals surface area contributed by atoms with Crippen LogP contribution in [0, 0.1) is 0 Å². The highest BCUT2D eigenvalue weighted by molar-refractivity contribution is 5.94. The van der Waals surface area contributed by atoms with Gasteiger partial charge in [-0.05, 0) is 47.4 Å². The molecule has 0 aromatic heterocycles. The number of hydrogen-bond acceptors (Lipinski definition) is 4. The first-order valence-electron chi connectivity index (χ1n) is 11.1. The van der Waals surface area contributed by atoms with Gasteiger partial charge < -0.3 is 19.7 Å². The normalized spacial score (nSPS) is 13.1. The molecule has 0 radical (unpaired) electrons. The van der Waals surface area contributed by atoms with E-state index in [4.69, 9.17) is 9.47 Å². The van der Waals surface area contributed by atoms with Crippen molar-refractivity contribution >= 4 is 11.8 Å². The van der Waals surface area contributed by atoms with Crippen LogP contribution in [0.2, 0.25) is 0 Å². The molecule has 3 aromatic rings. The van der Waals surface area contributed by atoms with E-state index in [1.807, 2.05) is 71.6 Å². The molecule has 1 aliphatic heterocycles. The third-order valence-corrected chi connectivity index (χ3v) is 5.65. The first kappa shape index (κ1) is 22.4. The summed E-state index contributed by atoms with van der Waals surface area (Å²) in [7, 11) is 1.60. The molecule has 0 saturated carbocycles. The summed E-state index contributed by atoms with van der Waals surface area (Å²) >= 11 is 0. The van der Waals surface area contributed by atoms with Gasteiger partial charge in [-0.1, -0.05) is 48.5 Å². The molecule has 4 rings (SSSR count). The van der Waals surface area contributed by atoms with Crippen LogP contribution in [0.25, 0.3) is 0 Å². The van der Waals surface area contributed by atoms with Crippen LogP contribution in [0.4, 0.5) is 0 Å². The second-order valence-electron chi connectivity index (χ2n) is 8.06. The molecular formula is C27H28N2O4. The van der Waals surface area contributed by atoms with E-state index in [2.05, 4.69) is 5.32 Å². The number of amides is 2. The lowest BCUT2D eigenvalue weighted by molar-refractivity contribution is -0.128. The van der Waals surface area contributed by atoms with Gasteiger partial charge in [0.1, 0.15) is 6.61 Å². The van der Waals surface area contributed by atoms with Gasteiger partial charge in [0.05, 0.1) is 7.11 Å². The van der Waals surface area contributed by atoms with E-state index in [0.717, 1.165) is 29.7 Å². The van der Waals surface area contributed by atoms with Gasteiger partial charge in [0, 0.05) is 31.6 Å². The van der Waals surface area contributed by atoms with Crippen molar-refractivity contribution in [2.45, 2.75) is 32.5 Å². The molecule has 1 fully saturated rings. The molecule has 0 aliphatic carbocycles. The predicted molar refractivity (Wildman–Crippen MR) is 126 cm³/mol. The van der Waals surface area contributed by atoms with Crippen LogP contribution < -0.4 is 14.8 Å². The average Bonchev–Trinajstić information content (AvgIpc) is 3.26. The SMILES string of the molecule is COc1cc(CNC(=O)c2cccc(CN3CCCC3=O)c2)ccc1OCc1ccccc1. The second kappa shape index (κ2) is 10.7. The Morgan fingerprint density at radius 1 is 0.939 bits per heavy atom. The molecule has 1 N–H and O–H groups in total. The van der Waals surface area contributed by atoms with E-state index in [1.54, 1.807) is 13.2 Å². The van der Waals surface area contributed by atoms with Gasteiger partial charge in [-0.3, -0.25) is 9.59 Å². The molecule has 0 atom stereocenters. The highest BCUT2D eigenvalue weighted by atomic mass is 16.5. The highest BCUT2D eigenvalue weighted by Gasteiger charge is 2.20. The minimum atomic E-state index is -0.159. The van der Waals surface area contributed by atoms with Crippen LogP contribution in [0.3, 0.4) is 0 Å². The van der Waals surface area contributed by atoms with E-state index >= 15 is 0 Å². The molecule has 1 saturated heterocycles. The first-order chi connectivity index (χ1) is 16.1. The van der Waals surface area contributed by atoms with E-state index < -0.39 is 0 Å². The van der Waals surface area contributed by atoms with Gasteiger partial charge in [-0.25, -0.2) is 0 Å². The van der Waals surface area contributed by atoms with Crippen molar-refractivity contribution in [1.82, 2.24) is 10.2 Å². The van der Waals surface area contributed by atoms with Crippen molar-refractivity contribution in [1.29, 1.82) is 0 Å². The van der Waals surface area contributed by atoms with Crippen LogP contribution in [-0.4, -0.2) is 30.4 Å². The summed E-state index contributed by atoms with van der Waals surface area (Å²) in [4.78, 5) is 26.4. The standard InChI is InChI=1S/C27H28N2O4/c1-32-25-16-21(12-13-24(25)33-19-20-7-3-2-4-8-20)17-28-27(31)23-10-5-9-22(15-23)18-29-14-6-11-26(29)30/h2-5,7-10,12-13,15-16H,6,11,14,17-19H2,1H3,(H,28,31). The number of carbonyl (C=O) groups excluding carboxylic acids is 2. The maximum absolute atomic E-state index is 12.7. The van der Waals surface area contributed by atoms with Gasteiger partial charge in [0.15, 0.2) is 11.5 Å². The Bertz CT molecular complexity index is 1110. The molecule has 6 heteroatoms. The van der Waals surface area contributed by atoms with Crippen LogP contribution in [0.5, 0.6) is 11.5 Å². The fraction of sp³-hybridized carbons (Fsp3) is 0.259. The molecule has 0 unspecified atom stereocenters. The van der Waals surface area contributed by atoms with Gasteiger partial charge in [0.2, 0.25) is 5.91 Å². The third kappa shape index (κ3) is 5.92. The Morgan fingerprint density at radius 3 is 2.52 bits per heavy atom. The third-order valence-electron chi connectivity index (χ3n) is 5.65. The quantitative estimate of drug-likeness (QED) is 0.534. The number of carbonyl (C=O) groups is 2. The summed E-state index contributed by atoms with van der Waals surface area (Å²) in [5, 5.41) is 2.96. The van der Waals surface area contributed by atoms with Crippen molar-refractivity contribution < 1.29 is 19.1 Å². The minimum absolute atomic E-state index is 0.159. The molecule has 0 spiro atoms. The van der Waals surface area contributed by atoms with Gasteiger partial charge >= 0.3 is 0 Å². The monoisotopic (exact) mass is 444 g/mol. The molecular weight excluding hydrogens is 416 g/mol. The highest BCUT2D eigenvalue weighted by Crippen LogP contribution is 2.29. The summed E-state index contributed by atoms with van der Waals surface area (Å²) in [5.74, 6) is 1.29. The molecule has 6 nitrogen and oxygen atoms in total. The van der Waals surface area contributed by atoms with Crippen LogP contribution in [-0.2, 0) is 24.5 Å². The Labute approximate surface area is 194 Å². The van der Waals surface area contributed by atoms with Crippen LogP contribution >= 0.6 is 0 Å². The number of methoxy groups -OCH3 is 1. The van der Waals surface area contributed by atoms with Crippen molar-refractivity contribution in [3.05, 3.63) is 95.1 Å². The molecule has 3 aromatic carbocycles. The number of nitrogens with one attached hydrogen (secondary N) is 1. The molecule has 170 valence electrons. The zero-order chi connectivity index (χ0) is 23.0. The fourth-order valence-electron chi connectivity index (χ4n) is 3.86. The minimum Gasteiger partial charge on any atom is -0.493 e. The largest absolute Gasteiger partial charge is 0.493 e. The van der Waals surface area contributed by atoms with Crippen LogP contribution in [0.15, 0.2) is 72.8 Å². The van der Waals surface area contributed by atoms with Crippen molar-refractivity contribution in [2.24, 2.45) is 0 Å². The zero-order valence-corrected chi connectivity index (χ0v) is 18.8. The second-order valence-corrected chi connectivity index (χ2v) is 8.06. The molecule has 0 bridgehead atoms. The summed E-state index contributed by atoms with van der Waals surface area (Å²) in [6.07, 6.45) is 1.51. The van der Waals surface area contributed by atoms with E-state index in [1.165, 1.54) is 0 Å². The Hall–Kier alpha value is -3.80. The summed E-state index contributed by atoms with van der Waals surface area (Å²) in [6, 6.07) is 23.0. The summed E-state index contributed by atoms with van der Waals surface area (Å²) in [6.45, 7) is 2.14. The van der Waals surface area contributed by atoms with E-state index in [-0.39, 0.29) is 11.8 Å². The fourth-order valence-corrected chi connectivity index (χ4v) is 3.86. The Morgan fingerprint density at radius 2 is 1.76 bits per heavy atom. The number of likely N-dealkylation sites (tertiary alicyclic amines) is 1. The maximum Gasteiger partial charge on any atom is 0.251 e. The number of benzene rings is 3. The number of ether oxygens (including phenoxy) is 2. The predicted octanol–water partition coefficient (Wildman–Crippen LogP) is 4.33. The van der Waals surface area contributed by atoms with Gasteiger partial charge in [-0.2, -0.15) is 0 Å². The Balaban J connectivity index is 1.35. The van der Waals surface area contributed by atoms with Crippen molar-refractivity contribution in [2.75, 3.05) is 13.7 Å². The lowest BCUT2D eigenvalue weighted by Gasteiger charge is -2.16.